The van der Waals surface area contributed by atoms with Gasteiger partial charge in [-0.2, -0.15) is 0 Å². The lowest BCUT2D eigenvalue weighted by Crippen LogP contribution is -2.29. The van der Waals surface area contributed by atoms with E-state index in [1.165, 1.54) is 4.90 Å². The first kappa shape index (κ1) is 26.8. The number of aliphatic hydroxyl groups is 1. The van der Waals surface area contributed by atoms with Gasteiger partial charge in [0.2, 0.25) is 0 Å². The lowest BCUT2D eigenvalue weighted by molar-refractivity contribution is -0.132. The molecule has 7 heteroatoms. The zero-order valence-electron chi connectivity index (χ0n) is 22.6. The van der Waals surface area contributed by atoms with E-state index in [0.717, 1.165) is 30.0 Å². The van der Waals surface area contributed by atoms with Crippen LogP contribution in [-0.2, 0) is 9.59 Å². The average molecular weight is 514 g/mol. The van der Waals surface area contributed by atoms with Crippen molar-refractivity contribution in [3.05, 3.63) is 89.5 Å². The Labute approximate surface area is 224 Å². The summed E-state index contributed by atoms with van der Waals surface area (Å²) in [4.78, 5) is 32.6. The van der Waals surface area contributed by atoms with E-state index in [-0.39, 0.29) is 11.3 Å². The van der Waals surface area contributed by atoms with Crippen LogP contribution >= 0.6 is 0 Å². The molecule has 1 heterocycles. The van der Waals surface area contributed by atoms with Gasteiger partial charge in [0.15, 0.2) is 0 Å². The van der Waals surface area contributed by atoms with Crippen molar-refractivity contribution in [2.24, 2.45) is 0 Å². The smallest absolute Gasteiger partial charge is 0.300 e. The molecule has 1 atom stereocenters. The van der Waals surface area contributed by atoms with Crippen molar-refractivity contribution in [2.75, 3.05) is 48.5 Å². The van der Waals surface area contributed by atoms with Gasteiger partial charge < -0.3 is 19.6 Å². The van der Waals surface area contributed by atoms with Crippen LogP contribution in [0.15, 0.2) is 78.4 Å². The molecule has 1 aliphatic heterocycles. The van der Waals surface area contributed by atoms with Crippen LogP contribution in [0.1, 0.15) is 37.9 Å². The number of ether oxygens (including phenoxy) is 1. The van der Waals surface area contributed by atoms with Crippen molar-refractivity contribution in [3.63, 3.8) is 0 Å². The number of amides is 1. The molecule has 1 aliphatic rings. The van der Waals surface area contributed by atoms with E-state index in [9.17, 15) is 14.7 Å². The number of rotatable bonds is 9. The molecule has 0 bridgehead atoms. The minimum absolute atomic E-state index is 0.0615. The van der Waals surface area contributed by atoms with Gasteiger partial charge in [0.25, 0.3) is 11.7 Å². The van der Waals surface area contributed by atoms with Gasteiger partial charge in [0, 0.05) is 49.8 Å². The number of ketones is 1. The lowest BCUT2D eigenvalue weighted by Gasteiger charge is -2.27. The minimum atomic E-state index is -0.780. The first-order valence-corrected chi connectivity index (χ1v) is 13.0. The highest BCUT2D eigenvalue weighted by atomic mass is 16.5. The number of nitrogens with zero attached hydrogens (tertiary/aromatic N) is 3. The fourth-order valence-electron chi connectivity index (χ4n) is 4.81. The predicted molar refractivity (Wildman–Crippen MR) is 153 cm³/mol. The third kappa shape index (κ3) is 5.09. The highest BCUT2D eigenvalue weighted by Gasteiger charge is 2.47. The number of hydrogen-bond donors (Lipinski definition) is 1. The van der Waals surface area contributed by atoms with Gasteiger partial charge >= 0.3 is 0 Å². The first-order valence-electron chi connectivity index (χ1n) is 13.0. The van der Waals surface area contributed by atoms with Gasteiger partial charge in [0.1, 0.15) is 11.5 Å². The first-order chi connectivity index (χ1) is 18.3. The predicted octanol–water partition coefficient (Wildman–Crippen LogP) is 5.62. The lowest BCUT2D eigenvalue weighted by atomic mass is 9.94. The third-order valence-electron chi connectivity index (χ3n) is 6.86. The fourth-order valence-corrected chi connectivity index (χ4v) is 4.81. The van der Waals surface area contributed by atoms with E-state index in [1.54, 1.807) is 24.3 Å². The molecule has 1 amide bonds. The highest BCUT2D eigenvalue weighted by Crippen LogP contribution is 2.43. The molecule has 3 aromatic carbocycles. The molecule has 1 N–H and O–H groups in total. The Morgan fingerprint density at radius 3 is 1.95 bits per heavy atom. The second-order valence-corrected chi connectivity index (χ2v) is 9.30. The molecule has 0 aliphatic carbocycles. The molecule has 198 valence electrons. The van der Waals surface area contributed by atoms with Crippen LogP contribution < -0.4 is 19.4 Å². The largest absolute Gasteiger partial charge is 0.507 e. The zero-order valence-corrected chi connectivity index (χ0v) is 22.6. The molecule has 1 unspecified atom stereocenters. The number of hydrogen-bond acceptors (Lipinski definition) is 6. The molecule has 0 spiro atoms. The Bertz CT molecular complexity index is 1310. The molecule has 3 aromatic rings. The molecular weight excluding hydrogens is 478 g/mol. The topological polar surface area (TPSA) is 73.3 Å². The second kappa shape index (κ2) is 11.4. The summed E-state index contributed by atoms with van der Waals surface area (Å²) < 4.78 is 5.51. The van der Waals surface area contributed by atoms with Gasteiger partial charge in [-0.1, -0.05) is 12.1 Å². The molecule has 0 radical (unpaired) electrons. The van der Waals surface area contributed by atoms with E-state index in [1.807, 2.05) is 74.4 Å². The number of anilines is 3. The van der Waals surface area contributed by atoms with Crippen LogP contribution in [0.25, 0.3) is 5.76 Å². The number of Topliss-reactive ketones (excluding diaryl/α,β-unsaturated/α-hetero) is 1. The Morgan fingerprint density at radius 2 is 1.42 bits per heavy atom. The van der Waals surface area contributed by atoms with Crippen LogP contribution in [0.2, 0.25) is 0 Å². The summed E-state index contributed by atoms with van der Waals surface area (Å²) in [6.07, 6.45) is 0. The van der Waals surface area contributed by atoms with Crippen LogP contribution in [0.3, 0.4) is 0 Å². The number of carbonyl (C=O) groups excluding carboxylic acids is 2. The molecule has 7 nitrogen and oxygen atoms in total. The van der Waals surface area contributed by atoms with Crippen LogP contribution in [0, 0.1) is 0 Å². The third-order valence-corrected chi connectivity index (χ3v) is 6.86. The molecule has 1 fully saturated rings. The maximum absolute atomic E-state index is 13.5. The molecule has 1 saturated heterocycles. The van der Waals surface area contributed by atoms with E-state index in [0.29, 0.717) is 23.6 Å². The quantitative estimate of drug-likeness (QED) is 0.227. The summed E-state index contributed by atoms with van der Waals surface area (Å²) in [6.45, 7) is 8.34. The van der Waals surface area contributed by atoms with Crippen molar-refractivity contribution in [2.45, 2.75) is 26.8 Å². The van der Waals surface area contributed by atoms with Gasteiger partial charge in [-0.05, 0) is 87.0 Å². The molecule has 0 aromatic heterocycles. The van der Waals surface area contributed by atoms with Gasteiger partial charge in [-0.25, -0.2) is 0 Å². The molecular formula is C31H35N3O4. The second-order valence-electron chi connectivity index (χ2n) is 9.30. The summed E-state index contributed by atoms with van der Waals surface area (Å²) in [5, 5.41) is 11.4. The van der Waals surface area contributed by atoms with E-state index >= 15 is 0 Å². The van der Waals surface area contributed by atoms with E-state index in [2.05, 4.69) is 18.7 Å². The van der Waals surface area contributed by atoms with Crippen molar-refractivity contribution in [3.8, 4) is 5.75 Å². The number of aliphatic hydroxyl groups excluding tert-OH is 1. The molecule has 0 saturated carbocycles. The summed E-state index contributed by atoms with van der Waals surface area (Å²) in [5.74, 6) is -0.940. The maximum atomic E-state index is 13.5. The molecule has 4 rings (SSSR count). The minimum Gasteiger partial charge on any atom is -0.507 e. The average Bonchev–Trinajstić information content (AvgIpc) is 3.20. The van der Waals surface area contributed by atoms with Gasteiger partial charge in [-0.15, -0.1) is 0 Å². The summed E-state index contributed by atoms with van der Waals surface area (Å²) >= 11 is 0. The Balaban J connectivity index is 1.85. The maximum Gasteiger partial charge on any atom is 0.300 e. The van der Waals surface area contributed by atoms with Gasteiger partial charge in [0.05, 0.1) is 18.2 Å². The van der Waals surface area contributed by atoms with Crippen LogP contribution in [-0.4, -0.2) is 50.6 Å². The Hall–Kier alpha value is -4.26. The highest BCUT2D eigenvalue weighted by molar-refractivity contribution is 6.51. The summed E-state index contributed by atoms with van der Waals surface area (Å²) in [5.41, 5.74) is 3.86. The van der Waals surface area contributed by atoms with E-state index in [4.69, 9.17) is 4.74 Å². The summed E-state index contributed by atoms with van der Waals surface area (Å²) in [7, 11) is 3.88. The van der Waals surface area contributed by atoms with Gasteiger partial charge in [-0.3, -0.25) is 14.5 Å². The van der Waals surface area contributed by atoms with Crippen LogP contribution in [0.5, 0.6) is 5.75 Å². The fraction of sp³-hybridized carbons (Fsp3) is 0.290. The monoisotopic (exact) mass is 513 g/mol. The molecule has 38 heavy (non-hydrogen) atoms. The standard InChI is InChI=1S/C31H35N3O4/c1-6-33(7-2)24-13-9-21(10-14-24)28-27(29(35)22-11-19-26(20-12-22)38-8-3)30(36)31(37)34(28)25-17-15-23(16-18-25)32(4)5/h9-20,28,35H,6-8H2,1-5H3/b29-27+. The number of benzene rings is 3. The van der Waals surface area contributed by atoms with E-state index < -0.39 is 17.7 Å². The van der Waals surface area contributed by atoms with Crippen molar-refractivity contribution >= 4 is 34.5 Å². The zero-order chi connectivity index (χ0) is 27.4. The van der Waals surface area contributed by atoms with Crippen molar-refractivity contribution in [1.29, 1.82) is 0 Å². The van der Waals surface area contributed by atoms with Crippen molar-refractivity contribution in [1.82, 2.24) is 0 Å². The summed E-state index contributed by atoms with van der Waals surface area (Å²) in [6, 6.07) is 21.4. The van der Waals surface area contributed by atoms with Crippen LogP contribution in [0.4, 0.5) is 17.1 Å². The number of carbonyl (C=O) groups is 2. The SMILES string of the molecule is CCOc1ccc(/C(O)=C2\C(=O)C(=O)N(c3ccc(N(C)C)cc3)C2c2ccc(N(CC)CC)cc2)cc1. The van der Waals surface area contributed by atoms with Crippen molar-refractivity contribution < 1.29 is 19.4 Å². The Morgan fingerprint density at radius 1 is 0.842 bits per heavy atom. The Kier molecular flexibility index (Phi) is 8.05. The normalized spacial score (nSPS) is 16.6.